The molecule has 0 aromatic heterocycles. The highest BCUT2D eigenvalue weighted by atomic mass is 32.2. The van der Waals surface area contributed by atoms with Crippen molar-refractivity contribution in [1.82, 2.24) is 0 Å². The van der Waals surface area contributed by atoms with Crippen molar-refractivity contribution in [2.75, 3.05) is 18.1 Å². The van der Waals surface area contributed by atoms with Crippen LogP contribution in [0.1, 0.15) is 58.8 Å². The van der Waals surface area contributed by atoms with Crippen molar-refractivity contribution in [3.63, 3.8) is 0 Å². The maximum Gasteiger partial charge on any atom is 0.0784 e. The van der Waals surface area contributed by atoms with Crippen molar-refractivity contribution in [2.24, 2.45) is 11.3 Å². The molecule has 3 heteroatoms. The Morgan fingerprint density at radius 1 is 1.11 bits per heavy atom. The van der Waals surface area contributed by atoms with Crippen LogP contribution in [0.4, 0.5) is 0 Å². The standard InChI is InChI=1S/C16H28O2S/c1-14(2)4-6-16(17,7-5-14)13-3-9-18-15(11-13)8-10-19-12-15/h13,17H,3-12H2,1-2H3. The first kappa shape index (κ1) is 14.2. The predicted octanol–water partition coefficient (Wildman–Crippen LogP) is 3.62. The van der Waals surface area contributed by atoms with Crippen LogP contribution in [-0.4, -0.2) is 34.4 Å². The van der Waals surface area contributed by atoms with Gasteiger partial charge in [0.25, 0.3) is 0 Å². The van der Waals surface area contributed by atoms with Gasteiger partial charge in [-0.1, -0.05) is 13.8 Å². The molecule has 0 aromatic carbocycles. The summed E-state index contributed by atoms with van der Waals surface area (Å²) in [5, 5.41) is 11.1. The quantitative estimate of drug-likeness (QED) is 0.797. The molecule has 1 spiro atoms. The highest BCUT2D eigenvalue weighted by Gasteiger charge is 2.49. The van der Waals surface area contributed by atoms with Crippen LogP contribution in [0.3, 0.4) is 0 Å². The molecular weight excluding hydrogens is 256 g/mol. The summed E-state index contributed by atoms with van der Waals surface area (Å²) in [4.78, 5) is 0. The number of rotatable bonds is 1. The van der Waals surface area contributed by atoms with Gasteiger partial charge in [0, 0.05) is 12.4 Å². The zero-order valence-corrected chi connectivity index (χ0v) is 13.2. The second kappa shape index (κ2) is 4.92. The van der Waals surface area contributed by atoms with Crippen LogP contribution in [0.5, 0.6) is 0 Å². The summed E-state index contributed by atoms with van der Waals surface area (Å²) in [7, 11) is 0. The van der Waals surface area contributed by atoms with E-state index in [9.17, 15) is 5.11 Å². The number of hydrogen-bond donors (Lipinski definition) is 1. The normalized spacial score (nSPS) is 41.5. The molecule has 1 aliphatic carbocycles. The van der Waals surface area contributed by atoms with Gasteiger partial charge in [0.15, 0.2) is 0 Å². The van der Waals surface area contributed by atoms with E-state index in [-0.39, 0.29) is 5.60 Å². The molecule has 0 radical (unpaired) electrons. The van der Waals surface area contributed by atoms with Crippen LogP contribution in [0, 0.1) is 11.3 Å². The van der Waals surface area contributed by atoms with Gasteiger partial charge in [-0.2, -0.15) is 11.8 Å². The van der Waals surface area contributed by atoms with E-state index in [0.717, 1.165) is 38.0 Å². The monoisotopic (exact) mass is 284 g/mol. The molecule has 2 aliphatic heterocycles. The lowest BCUT2D eigenvalue weighted by Crippen LogP contribution is -2.50. The molecule has 2 nitrogen and oxygen atoms in total. The van der Waals surface area contributed by atoms with Gasteiger partial charge in [-0.05, 0) is 62.0 Å². The van der Waals surface area contributed by atoms with Crippen molar-refractivity contribution in [3.8, 4) is 0 Å². The Labute approximate surface area is 121 Å². The molecule has 0 bridgehead atoms. The molecule has 1 N–H and O–H groups in total. The van der Waals surface area contributed by atoms with Gasteiger partial charge in [-0.25, -0.2) is 0 Å². The third-order valence-corrected chi connectivity index (χ3v) is 7.01. The predicted molar refractivity (Wildman–Crippen MR) is 80.5 cm³/mol. The molecule has 3 fully saturated rings. The Kier molecular flexibility index (Phi) is 3.68. The Morgan fingerprint density at radius 2 is 1.84 bits per heavy atom. The lowest BCUT2D eigenvalue weighted by Gasteiger charge is -2.49. The molecule has 3 rings (SSSR count). The fourth-order valence-corrected chi connectivity index (χ4v) is 5.50. The number of hydrogen-bond acceptors (Lipinski definition) is 3. The Hall–Kier alpha value is 0.270. The molecular formula is C16H28O2S. The lowest BCUT2D eigenvalue weighted by molar-refractivity contribution is -0.149. The lowest BCUT2D eigenvalue weighted by atomic mass is 9.64. The molecule has 3 aliphatic rings. The molecule has 19 heavy (non-hydrogen) atoms. The van der Waals surface area contributed by atoms with E-state index < -0.39 is 5.60 Å². The second-order valence-electron chi connectivity index (χ2n) is 7.79. The molecule has 0 aromatic rings. The highest BCUT2D eigenvalue weighted by molar-refractivity contribution is 7.99. The van der Waals surface area contributed by atoms with E-state index in [2.05, 4.69) is 13.8 Å². The van der Waals surface area contributed by atoms with Gasteiger partial charge in [-0.15, -0.1) is 0 Å². The van der Waals surface area contributed by atoms with Crippen LogP contribution >= 0.6 is 11.8 Å². The summed E-state index contributed by atoms with van der Waals surface area (Å²) in [6.45, 7) is 5.54. The minimum absolute atomic E-state index is 0.107. The van der Waals surface area contributed by atoms with Gasteiger partial charge in [0.05, 0.1) is 11.2 Å². The zero-order valence-electron chi connectivity index (χ0n) is 12.4. The minimum Gasteiger partial charge on any atom is -0.390 e. The molecule has 1 saturated carbocycles. The van der Waals surface area contributed by atoms with Crippen molar-refractivity contribution in [1.29, 1.82) is 0 Å². The first-order chi connectivity index (χ1) is 8.93. The van der Waals surface area contributed by atoms with Crippen molar-refractivity contribution < 1.29 is 9.84 Å². The zero-order chi connectivity index (χ0) is 13.6. The second-order valence-corrected chi connectivity index (χ2v) is 8.90. The van der Waals surface area contributed by atoms with Gasteiger partial charge in [0.2, 0.25) is 0 Å². The SMILES string of the molecule is CC1(C)CCC(O)(C2CCOC3(CCSC3)C2)CC1. The van der Waals surface area contributed by atoms with Crippen molar-refractivity contribution in [3.05, 3.63) is 0 Å². The molecule has 110 valence electrons. The van der Waals surface area contributed by atoms with Gasteiger partial charge in [-0.3, -0.25) is 0 Å². The largest absolute Gasteiger partial charge is 0.390 e. The maximum absolute atomic E-state index is 11.1. The minimum atomic E-state index is -0.403. The summed E-state index contributed by atoms with van der Waals surface area (Å²) in [6.07, 6.45) is 7.67. The first-order valence-electron chi connectivity index (χ1n) is 7.87. The molecule has 2 atom stereocenters. The average Bonchev–Trinajstić information content (AvgIpc) is 2.82. The molecule has 0 amide bonds. The first-order valence-corrected chi connectivity index (χ1v) is 9.03. The average molecular weight is 284 g/mol. The fraction of sp³-hybridized carbons (Fsp3) is 1.00. The van der Waals surface area contributed by atoms with Crippen LogP contribution in [0.2, 0.25) is 0 Å². The third kappa shape index (κ3) is 2.84. The number of aliphatic hydroxyl groups is 1. The summed E-state index contributed by atoms with van der Waals surface area (Å²) < 4.78 is 6.10. The fourth-order valence-electron chi connectivity index (χ4n) is 4.12. The van der Waals surface area contributed by atoms with E-state index in [1.165, 1.54) is 25.0 Å². The van der Waals surface area contributed by atoms with E-state index in [0.29, 0.717) is 11.3 Å². The number of ether oxygens (including phenoxy) is 1. The number of thioether (sulfide) groups is 1. The van der Waals surface area contributed by atoms with E-state index in [4.69, 9.17) is 4.74 Å². The van der Waals surface area contributed by atoms with Crippen LogP contribution in [-0.2, 0) is 4.74 Å². The Morgan fingerprint density at radius 3 is 2.47 bits per heavy atom. The highest BCUT2D eigenvalue weighted by Crippen LogP contribution is 2.49. The summed E-state index contributed by atoms with van der Waals surface area (Å²) in [6, 6.07) is 0. The van der Waals surface area contributed by atoms with Crippen LogP contribution < -0.4 is 0 Å². The maximum atomic E-state index is 11.1. The van der Waals surface area contributed by atoms with E-state index in [1.54, 1.807) is 0 Å². The van der Waals surface area contributed by atoms with Gasteiger partial charge < -0.3 is 9.84 Å². The Balaban J connectivity index is 1.68. The van der Waals surface area contributed by atoms with Gasteiger partial charge in [0.1, 0.15) is 0 Å². The molecule has 2 saturated heterocycles. The van der Waals surface area contributed by atoms with E-state index in [1.807, 2.05) is 11.8 Å². The smallest absolute Gasteiger partial charge is 0.0784 e. The van der Waals surface area contributed by atoms with E-state index >= 15 is 0 Å². The van der Waals surface area contributed by atoms with Gasteiger partial charge >= 0.3 is 0 Å². The van der Waals surface area contributed by atoms with Crippen molar-refractivity contribution in [2.45, 2.75) is 70.0 Å². The summed E-state index contributed by atoms with van der Waals surface area (Å²) in [5.74, 6) is 2.85. The molecule has 2 unspecified atom stereocenters. The van der Waals surface area contributed by atoms with Crippen molar-refractivity contribution >= 4 is 11.8 Å². The Bertz CT molecular complexity index is 324. The topological polar surface area (TPSA) is 29.5 Å². The molecule has 2 heterocycles. The third-order valence-electron chi connectivity index (χ3n) is 5.79. The summed E-state index contributed by atoms with van der Waals surface area (Å²) >= 11 is 2.02. The van der Waals surface area contributed by atoms with Crippen LogP contribution in [0.25, 0.3) is 0 Å². The summed E-state index contributed by atoms with van der Waals surface area (Å²) in [5.41, 5.74) is 0.133. The van der Waals surface area contributed by atoms with Crippen LogP contribution in [0.15, 0.2) is 0 Å².